The number of likely N-dealkylation sites (N-methyl/N-ethyl adjacent to an activating group) is 1. The molecule has 0 aliphatic carbocycles. The third kappa shape index (κ3) is 4.20. The van der Waals surface area contributed by atoms with Gasteiger partial charge in [-0.3, -0.25) is 9.69 Å². The van der Waals surface area contributed by atoms with Crippen molar-refractivity contribution >= 4 is 5.78 Å². The van der Waals surface area contributed by atoms with E-state index in [0.29, 0.717) is 6.54 Å². The van der Waals surface area contributed by atoms with Gasteiger partial charge in [0.1, 0.15) is 5.82 Å². The molecule has 0 heterocycles. The third-order valence-corrected chi connectivity index (χ3v) is 2.06. The Kier molecular flexibility index (Phi) is 4.62. The van der Waals surface area contributed by atoms with E-state index in [9.17, 15) is 9.18 Å². The Morgan fingerprint density at radius 2 is 2.31 bits per heavy atom. The quantitative estimate of drug-likeness (QED) is 0.759. The summed E-state index contributed by atoms with van der Waals surface area (Å²) >= 11 is 0. The Morgan fingerprint density at radius 3 is 2.94 bits per heavy atom. The average molecular weight is 220 g/mol. The van der Waals surface area contributed by atoms with Gasteiger partial charge in [-0.25, -0.2) is 4.39 Å². The zero-order valence-electron chi connectivity index (χ0n) is 9.11. The maximum absolute atomic E-state index is 12.9. The molecule has 16 heavy (non-hydrogen) atoms. The fourth-order valence-corrected chi connectivity index (χ4v) is 1.45. The number of ketones is 1. The van der Waals surface area contributed by atoms with Gasteiger partial charge in [0.15, 0.2) is 5.78 Å². The van der Waals surface area contributed by atoms with Crippen LogP contribution in [0.15, 0.2) is 24.3 Å². The number of nitriles is 1. The minimum atomic E-state index is -0.283. The van der Waals surface area contributed by atoms with Gasteiger partial charge in [-0.15, -0.1) is 0 Å². The van der Waals surface area contributed by atoms with E-state index in [2.05, 4.69) is 0 Å². The number of halogens is 1. The topological polar surface area (TPSA) is 44.1 Å². The molecular formula is C12H13FN2O. The van der Waals surface area contributed by atoms with Crippen LogP contribution in [0.2, 0.25) is 0 Å². The predicted octanol–water partition coefficient (Wildman–Crippen LogP) is 1.74. The summed E-state index contributed by atoms with van der Waals surface area (Å²) in [5.74, 6) is -0.407. The van der Waals surface area contributed by atoms with Crippen molar-refractivity contribution in [1.29, 1.82) is 5.26 Å². The Labute approximate surface area is 94.1 Å². The second-order valence-corrected chi connectivity index (χ2v) is 3.68. The summed E-state index contributed by atoms with van der Waals surface area (Å²) in [5, 5.41) is 8.34. The van der Waals surface area contributed by atoms with E-state index < -0.39 is 0 Å². The molecule has 0 saturated heterocycles. The number of rotatable bonds is 5. The molecule has 0 aliphatic rings. The third-order valence-electron chi connectivity index (χ3n) is 2.06. The Hall–Kier alpha value is -1.73. The molecule has 1 aromatic rings. The van der Waals surface area contributed by atoms with Gasteiger partial charge in [0.2, 0.25) is 0 Å². The average Bonchev–Trinajstić information content (AvgIpc) is 2.17. The molecule has 0 bridgehead atoms. The Morgan fingerprint density at radius 1 is 1.56 bits per heavy atom. The second-order valence-electron chi connectivity index (χ2n) is 3.68. The molecule has 0 amide bonds. The molecule has 0 atom stereocenters. The van der Waals surface area contributed by atoms with Crippen molar-refractivity contribution in [1.82, 2.24) is 4.90 Å². The highest BCUT2D eigenvalue weighted by Gasteiger charge is 2.06. The van der Waals surface area contributed by atoms with Crippen LogP contribution in [-0.2, 0) is 11.3 Å². The van der Waals surface area contributed by atoms with Crippen LogP contribution in [0.5, 0.6) is 0 Å². The summed E-state index contributed by atoms with van der Waals surface area (Å²) in [7, 11) is 1.76. The molecule has 0 saturated carbocycles. The molecule has 0 N–H and O–H groups in total. The molecule has 0 radical (unpaired) electrons. The Bertz CT molecular complexity index is 412. The standard InChI is InChI=1S/C12H13FN2O/c1-15(9-12(16)5-6-14)8-10-3-2-4-11(13)7-10/h2-4,7H,5,8-9H2,1H3. The monoisotopic (exact) mass is 220 g/mol. The van der Waals surface area contributed by atoms with E-state index in [1.54, 1.807) is 24.1 Å². The Balaban J connectivity index is 2.49. The molecule has 0 spiro atoms. The predicted molar refractivity (Wildman–Crippen MR) is 58.0 cm³/mol. The van der Waals surface area contributed by atoms with E-state index in [1.807, 2.05) is 6.07 Å². The number of hydrogen-bond acceptors (Lipinski definition) is 3. The van der Waals surface area contributed by atoms with E-state index in [1.165, 1.54) is 12.1 Å². The second kappa shape index (κ2) is 5.99. The van der Waals surface area contributed by atoms with Gasteiger partial charge in [0.25, 0.3) is 0 Å². The van der Waals surface area contributed by atoms with Gasteiger partial charge in [-0.05, 0) is 24.7 Å². The van der Waals surface area contributed by atoms with Crippen molar-refractivity contribution in [3.63, 3.8) is 0 Å². The van der Waals surface area contributed by atoms with Crippen LogP contribution < -0.4 is 0 Å². The SMILES string of the molecule is CN(CC(=O)CC#N)Cc1cccc(F)c1. The number of hydrogen-bond donors (Lipinski definition) is 0. The van der Waals surface area contributed by atoms with Gasteiger partial charge < -0.3 is 0 Å². The first-order valence-corrected chi connectivity index (χ1v) is 4.93. The summed E-state index contributed by atoms with van der Waals surface area (Å²) in [6.07, 6.45) is -0.0759. The van der Waals surface area contributed by atoms with Crippen LogP contribution in [-0.4, -0.2) is 24.3 Å². The molecular weight excluding hydrogens is 207 g/mol. The van der Waals surface area contributed by atoms with Crippen molar-refractivity contribution in [3.05, 3.63) is 35.6 Å². The highest BCUT2D eigenvalue weighted by atomic mass is 19.1. The number of Topliss-reactive ketones (excluding diaryl/α,β-unsaturated/α-hetero) is 1. The van der Waals surface area contributed by atoms with E-state index in [4.69, 9.17) is 5.26 Å². The molecule has 0 aliphatic heterocycles. The van der Waals surface area contributed by atoms with Crippen molar-refractivity contribution in [3.8, 4) is 6.07 Å². The van der Waals surface area contributed by atoms with Crippen LogP contribution in [0.25, 0.3) is 0 Å². The molecule has 0 fully saturated rings. The van der Waals surface area contributed by atoms with Crippen LogP contribution in [0.3, 0.4) is 0 Å². The van der Waals surface area contributed by atoms with E-state index >= 15 is 0 Å². The number of nitrogens with zero attached hydrogens (tertiary/aromatic N) is 2. The van der Waals surface area contributed by atoms with Crippen molar-refractivity contribution in [2.75, 3.05) is 13.6 Å². The summed E-state index contributed by atoms with van der Waals surface area (Å²) in [5.41, 5.74) is 0.812. The van der Waals surface area contributed by atoms with Crippen molar-refractivity contribution in [2.45, 2.75) is 13.0 Å². The normalized spacial score (nSPS) is 10.1. The molecule has 84 valence electrons. The summed E-state index contributed by atoms with van der Waals surface area (Å²) < 4.78 is 12.9. The van der Waals surface area contributed by atoms with Gasteiger partial charge in [0.05, 0.1) is 19.0 Å². The van der Waals surface area contributed by atoms with Gasteiger partial charge >= 0.3 is 0 Å². The maximum Gasteiger partial charge on any atom is 0.160 e. The van der Waals surface area contributed by atoms with Gasteiger partial charge in [0, 0.05) is 6.54 Å². The van der Waals surface area contributed by atoms with E-state index in [0.717, 1.165) is 5.56 Å². The van der Waals surface area contributed by atoms with Gasteiger partial charge in [-0.2, -0.15) is 5.26 Å². The highest BCUT2D eigenvalue weighted by Crippen LogP contribution is 2.06. The molecule has 1 aromatic carbocycles. The van der Waals surface area contributed by atoms with Crippen LogP contribution in [0.4, 0.5) is 4.39 Å². The molecule has 3 nitrogen and oxygen atoms in total. The first kappa shape index (κ1) is 12.3. The lowest BCUT2D eigenvalue weighted by molar-refractivity contribution is -0.119. The molecule has 4 heteroatoms. The summed E-state index contributed by atoms with van der Waals surface area (Å²) in [6.45, 7) is 0.707. The smallest absolute Gasteiger partial charge is 0.160 e. The van der Waals surface area contributed by atoms with Crippen LogP contribution >= 0.6 is 0 Å². The number of carbonyl (C=O) groups excluding carboxylic acids is 1. The molecule has 0 aromatic heterocycles. The largest absolute Gasteiger partial charge is 0.297 e. The fraction of sp³-hybridized carbons (Fsp3) is 0.333. The number of carbonyl (C=O) groups is 1. The molecule has 1 rings (SSSR count). The first-order chi connectivity index (χ1) is 7.61. The fourth-order valence-electron chi connectivity index (χ4n) is 1.45. The maximum atomic E-state index is 12.9. The highest BCUT2D eigenvalue weighted by molar-refractivity contribution is 5.82. The van der Waals surface area contributed by atoms with Crippen molar-refractivity contribution < 1.29 is 9.18 Å². The lowest BCUT2D eigenvalue weighted by Gasteiger charge is -2.14. The zero-order chi connectivity index (χ0) is 12.0. The molecule has 0 unspecified atom stereocenters. The minimum Gasteiger partial charge on any atom is -0.297 e. The van der Waals surface area contributed by atoms with Gasteiger partial charge in [-0.1, -0.05) is 12.1 Å². The van der Waals surface area contributed by atoms with Crippen LogP contribution in [0, 0.1) is 17.1 Å². The zero-order valence-corrected chi connectivity index (χ0v) is 9.11. The van der Waals surface area contributed by atoms with Crippen molar-refractivity contribution in [2.24, 2.45) is 0 Å². The summed E-state index contributed by atoms with van der Waals surface area (Å²) in [6, 6.07) is 8.06. The lowest BCUT2D eigenvalue weighted by Crippen LogP contribution is -2.25. The van der Waals surface area contributed by atoms with E-state index in [-0.39, 0.29) is 24.6 Å². The lowest BCUT2D eigenvalue weighted by atomic mass is 10.2. The summed E-state index contributed by atoms with van der Waals surface area (Å²) in [4.78, 5) is 12.9. The number of benzene rings is 1. The minimum absolute atomic E-state index is 0.0759. The van der Waals surface area contributed by atoms with Crippen LogP contribution in [0.1, 0.15) is 12.0 Å². The first-order valence-electron chi connectivity index (χ1n) is 4.93.